The lowest BCUT2D eigenvalue weighted by Crippen LogP contribution is -2.56. The molecule has 0 aliphatic carbocycles. The van der Waals surface area contributed by atoms with Gasteiger partial charge in [0.05, 0.1) is 13.2 Å². The molecule has 2 fully saturated rings. The lowest BCUT2D eigenvalue weighted by atomic mass is 10.1. The molecule has 2 rings (SSSR count). The second-order valence-electron chi connectivity index (χ2n) is 6.73. The van der Waals surface area contributed by atoms with Gasteiger partial charge in [-0.3, -0.25) is 19.4 Å². The molecule has 0 spiro atoms. The van der Waals surface area contributed by atoms with E-state index in [0.717, 1.165) is 58.5 Å². The highest BCUT2D eigenvalue weighted by molar-refractivity contribution is 5.88. The third-order valence-electron chi connectivity index (χ3n) is 4.98. The van der Waals surface area contributed by atoms with Crippen LogP contribution in [0.1, 0.15) is 32.6 Å². The van der Waals surface area contributed by atoms with Crippen molar-refractivity contribution in [3.05, 3.63) is 0 Å². The van der Waals surface area contributed by atoms with Crippen molar-refractivity contribution in [3.8, 4) is 0 Å². The van der Waals surface area contributed by atoms with Crippen LogP contribution in [0.2, 0.25) is 0 Å². The summed E-state index contributed by atoms with van der Waals surface area (Å²) in [6, 6.07) is 0.0906. The largest absolute Gasteiger partial charge is 0.383 e. The minimum absolute atomic E-state index is 0.0442. The number of hydrogen-bond donors (Lipinski definition) is 2. The molecule has 2 saturated heterocycles. The molecule has 24 heavy (non-hydrogen) atoms. The van der Waals surface area contributed by atoms with Crippen LogP contribution in [0.3, 0.4) is 0 Å². The Kier molecular flexibility index (Phi) is 7.94. The number of ether oxygens (including phenoxy) is 1. The number of hydrogen-bond acceptors (Lipinski definition) is 5. The quantitative estimate of drug-likeness (QED) is 0.672. The fourth-order valence-electron chi connectivity index (χ4n) is 3.51. The van der Waals surface area contributed by atoms with Gasteiger partial charge in [0.2, 0.25) is 11.8 Å². The zero-order valence-electron chi connectivity index (χ0n) is 15.1. The van der Waals surface area contributed by atoms with Gasteiger partial charge in [-0.2, -0.15) is 0 Å². The zero-order valence-corrected chi connectivity index (χ0v) is 15.1. The highest BCUT2D eigenvalue weighted by Gasteiger charge is 2.28. The number of amides is 2. The summed E-state index contributed by atoms with van der Waals surface area (Å²) in [5, 5.41) is 5.77. The van der Waals surface area contributed by atoms with Crippen molar-refractivity contribution in [3.63, 3.8) is 0 Å². The Morgan fingerprint density at radius 2 is 2.21 bits per heavy atom. The standard InChI is InChI=1S/C17H32N4O3/c1-3-14-12-20(8-9-21(14)10-11-24-2)13-16(22)19-15-6-4-5-7-18-17(15)23/h14-15H,3-13H2,1-2H3,(H,18,23)(H,19,22)/t14-,15-/m1/s1. The van der Waals surface area contributed by atoms with Crippen LogP contribution in [0.15, 0.2) is 0 Å². The fourth-order valence-corrected chi connectivity index (χ4v) is 3.51. The van der Waals surface area contributed by atoms with Gasteiger partial charge in [0.1, 0.15) is 6.04 Å². The number of carbonyl (C=O) groups is 2. The second-order valence-corrected chi connectivity index (χ2v) is 6.73. The van der Waals surface area contributed by atoms with E-state index in [9.17, 15) is 9.59 Å². The predicted octanol–water partition coefficient (Wildman–Crippen LogP) is -0.186. The summed E-state index contributed by atoms with van der Waals surface area (Å²) in [6.07, 6.45) is 3.76. The Bertz CT molecular complexity index is 419. The van der Waals surface area contributed by atoms with Gasteiger partial charge in [-0.1, -0.05) is 6.92 Å². The Morgan fingerprint density at radius 3 is 2.96 bits per heavy atom. The first kappa shape index (κ1) is 19.1. The van der Waals surface area contributed by atoms with Crippen LogP contribution in [0.4, 0.5) is 0 Å². The summed E-state index contributed by atoms with van der Waals surface area (Å²) in [5.74, 6) is -0.0890. The van der Waals surface area contributed by atoms with Gasteiger partial charge in [-0.25, -0.2) is 0 Å². The molecule has 7 nitrogen and oxygen atoms in total. The number of methoxy groups -OCH3 is 1. The lowest BCUT2D eigenvalue weighted by molar-refractivity contribution is -0.129. The maximum Gasteiger partial charge on any atom is 0.242 e. The summed E-state index contributed by atoms with van der Waals surface area (Å²) in [6.45, 7) is 7.69. The van der Waals surface area contributed by atoms with E-state index in [4.69, 9.17) is 4.74 Å². The molecule has 7 heteroatoms. The van der Waals surface area contributed by atoms with Crippen LogP contribution in [-0.4, -0.2) is 86.7 Å². The van der Waals surface area contributed by atoms with Gasteiger partial charge in [0, 0.05) is 45.9 Å². The summed E-state index contributed by atoms with van der Waals surface area (Å²) >= 11 is 0. The van der Waals surface area contributed by atoms with Gasteiger partial charge >= 0.3 is 0 Å². The normalized spacial score (nSPS) is 26.7. The molecule has 138 valence electrons. The fraction of sp³-hybridized carbons (Fsp3) is 0.882. The summed E-state index contributed by atoms with van der Waals surface area (Å²) < 4.78 is 5.18. The summed E-state index contributed by atoms with van der Waals surface area (Å²) in [5.41, 5.74) is 0. The molecule has 0 aromatic heterocycles. The Labute approximate surface area is 145 Å². The highest BCUT2D eigenvalue weighted by Crippen LogP contribution is 2.12. The SMILES string of the molecule is CC[C@@H]1CN(CC(=O)N[C@@H]2CCCCNC2=O)CCN1CCOC. The van der Waals surface area contributed by atoms with E-state index in [1.165, 1.54) is 0 Å². The van der Waals surface area contributed by atoms with Crippen molar-refractivity contribution in [2.24, 2.45) is 0 Å². The lowest BCUT2D eigenvalue weighted by Gasteiger charge is -2.41. The molecule has 2 aliphatic rings. The van der Waals surface area contributed by atoms with Gasteiger partial charge < -0.3 is 15.4 Å². The van der Waals surface area contributed by atoms with Crippen molar-refractivity contribution >= 4 is 11.8 Å². The smallest absolute Gasteiger partial charge is 0.242 e. The molecular weight excluding hydrogens is 308 g/mol. The highest BCUT2D eigenvalue weighted by atomic mass is 16.5. The number of nitrogens with zero attached hydrogens (tertiary/aromatic N) is 2. The maximum absolute atomic E-state index is 12.3. The van der Waals surface area contributed by atoms with Gasteiger partial charge in [0.15, 0.2) is 0 Å². The van der Waals surface area contributed by atoms with E-state index in [1.807, 2.05) is 0 Å². The molecule has 0 bridgehead atoms. The molecule has 2 aliphatic heterocycles. The molecule has 0 unspecified atom stereocenters. The van der Waals surface area contributed by atoms with E-state index < -0.39 is 0 Å². The van der Waals surface area contributed by atoms with Gasteiger partial charge in [0.25, 0.3) is 0 Å². The molecule has 0 aromatic rings. The van der Waals surface area contributed by atoms with Crippen LogP contribution >= 0.6 is 0 Å². The van der Waals surface area contributed by atoms with Crippen molar-refractivity contribution < 1.29 is 14.3 Å². The Balaban J connectivity index is 1.78. The Hall–Kier alpha value is -1.18. The molecule has 0 aromatic carbocycles. The minimum Gasteiger partial charge on any atom is -0.383 e. The van der Waals surface area contributed by atoms with E-state index in [1.54, 1.807) is 7.11 Å². The maximum atomic E-state index is 12.3. The van der Waals surface area contributed by atoms with Crippen molar-refractivity contribution in [2.75, 3.05) is 53.0 Å². The van der Waals surface area contributed by atoms with Crippen molar-refractivity contribution in [2.45, 2.75) is 44.7 Å². The molecular formula is C17H32N4O3. The minimum atomic E-state index is -0.370. The van der Waals surface area contributed by atoms with Crippen LogP contribution in [-0.2, 0) is 14.3 Å². The number of carbonyl (C=O) groups excluding carboxylic acids is 2. The van der Waals surface area contributed by atoms with Crippen molar-refractivity contribution in [1.29, 1.82) is 0 Å². The van der Waals surface area contributed by atoms with Crippen LogP contribution in [0, 0.1) is 0 Å². The van der Waals surface area contributed by atoms with Crippen LogP contribution < -0.4 is 10.6 Å². The average molecular weight is 340 g/mol. The first-order chi connectivity index (χ1) is 11.6. The second kappa shape index (κ2) is 9.96. The van der Waals surface area contributed by atoms with Crippen LogP contribution in [0.25, 0.3) is 0 Å². The number of nitrogens with one attached hydrogen (secondary N) is 2. The predicted molar refractivity (Wildman–Crippen MR) is 92.8 cm³/mol. The monoisotopic (exact) mass is 340 g/mol. The third-order valence-corrected chi connectivity index (χ3v) is 4.98. The summed E-state index contributed by atoms with van der Waals surface area (Å²) in [4.78, 5) is 28.9. The van der Waals surface area contributed by atoms with E-state index >= 15 is 0 Å². The summed E-state index contributed by atoms with van der Waals surface area (Å²) in [7, 11) is 1.73. The number of rotatable bonds is 7. The third kappa shape index (κ3) is 5.72. The van der Waals surface area contributed by atoms with Crippen LogP contribution in [0.5, 0.6) is 0 Å². The molecule has 2 N–H and O–H groups in total. The first-order valence-electron chi connectivity index (χ1n) is 9.16. The number of piperazine rings is 1. The molecule has 2 amide bonds. The van der Waals surface area contributed by atoms with Gasteiger partial charge in [-0.15, -0.1) is 0 Å². The van der Waals surface area contributed by atoms with Gasteiger partial charge in [-0.05, 0) is 25.7 Å². The molecule has 2 atom stereocenters. The first-order valence-corrected chi connectivity index (χ1v) is 9.16. The van der Waals surface area contributed by atoms with E-state index in [2.05, 4.69) is 27.4 Å². The molecule has 0 saturated carbocycles. The molecule has 0 radical (unpaired) electrons. The van der Waals surface area contributed by atoms with E-state index in [-0.39, 0.29) is 17.9 Å². The van der Waals surface area contributed by atoms with E-state index in [0.29, 0.717) is 19.1 Å². The van der Waals surface area contributed by atoms with Crippen molar-refractivity contribution in [1.82, 2.24) is 20.4 Å². The Morgan fingerprint density at radius 1 is 1.38 bits per heavy atom. The topological polar surface area (TPSA) is 73.9 Å². The average Bonchev–Trinajstić information content (AvgIpc) is 2.78. The zero-order chi connectivity index (χ0) is 17.4. The molecule has 2 heterocycles.